The molecule has 2 rings (SSSR count). The Hall–Kier alpha value is -2.16. The molecule has 0 aliphatic carbocycles. The summed E-state index contributed by atoms with van der Waals surface area (Å²) in [4.78, 5) is 8.71. The first-order valence-corrected chi connectivity index (χ1v) is 8.86. The zero-order valence-corrected chi connectivity index (χ0v) is 16.4. The van der Waals surface area contributed by atoms with Gasteiger partial charge in [-0.15, -0.1) is 0 Å². The van der Waals surface area contributed by atoms with Crippen molar-refractivity contribution in [2.45, 2.75) is 40.5 Å². The van der Waals surface area contributed by atoms with E-state index in [-0.39, 0.29) is 12.3 Å². The van der Waals surface area contributed by atoms with Crippen molar-refractivity contribution in [3.8, 4) is 5.75 Å². The minimum absolute atomic E-state index is 0.0988. The average molecular weight is 431 g/mol. The number of alkyl halides is 2. The Labute approximate surface area is 159 Å². The summed E-state index contributed by atoms with van der Waals surface area (Å²) in [5.41, 5.74) is 1.38. The average Bonchev–Trinajstić information content (AvgIpc) is 2.90. The highest BCUT2D eigenvalue weighted by Gasteiger charge is 2.11. The maximum Gasteiger partial charge on any atom is 0.387 e. The molecular formula is C17H21BrF2N4O2. The van der Waals surface area contributed by atoms with Gasteiger partial charge in [-0.1, -0.05) is 15.9 Å². The van der Waals surface area contributed by atoms with E-state index in [1.807, 2.05) is 20.8 Å². The van der Waals surface area contributed by atoms with Gasteiger partial charge in [0.15, 0.2) is 5.96 Å². The van der Waals surface area contributed by atoms with Crippen LogP contribution in [0.2, 0.25) is 0 Å². The van der Waals surface area contributed by atoms with Crippen LogP contribution in [0.25, 0.3) is 0 Å². The minimum Gasteiger partial charge on any atom is -0.444 e. The topological polar surface area (TPSA) is 71.7 Å². The molecule has 6 nitrogen and oxygen atoms in total. The number of rotatable bonds is 7. The standard InChI is InChI=1S/C17H21BrF2N4O2/c1-4-21-17(23-9-15-24-10(2)11(3)25-15)22-8-12-7-13(18)5-6-14(12)26-16(19)20/h5-7,16H,4,8-9H2,1-3H3,(H2,21,22,23). The van der Waals surface area contributed by atoms with Crippen molar-refractivity contribution in [2.24, 2.45) is 4.99 Å². The summed E-state index contributed by atoms with van der Waals surface area (Å²) >= 11 is 3.33. The van der Waals surface area contributed by atoms with Crippen LogP contribution in [-0.4, -0.2) is 24.1 Å². The lowest BCUT2D eigenvalue weighted by Gasteiger charge is -2.12. The molecule has 26 heavy (non-hydrogen) atoms. The van der Waals surface area contributed by atoms with Crippen molar-refractivity contribution in [3.05, 3.63) is 45.6 Å². The van der Waals surface area contributed by atoms with Gasteiger partial charge >= 0.3 is 6.61 Å². The predicted octanol–water partition coefficient (Wildman–Crippen LogP) is 3.91. The maximum absolute atomic E-state index is 12.6. The number of hydrogen-bond acceptors (Lipinski definition) is 4. The number of benzene rings is 1. The van der Waals surface area contributed by atoms with Crippen LogP contribution in [0.4, 0.5) is 8.78 Å². The molecule has 0 spiro atoms. The quantitative estimate of drug-likeness (QED) is 0.514. The summed E-state index contributed by atoms with van der Waals surface area (Å²) in [6, 6.07) is 4.83. The number of hydrogen-bond donors (Lipinski definition) is 2. The summed E-state index contributed by atoms with van der Waals surface area (Å²) < 4.78 is 35.9. The smallest absolute Gasteiger partial charge is 0.387 e. The van der Waals surface area contributed by atoms with E-state index in [9.17, 15) is 8.78 Å². The van der Waals surface area contributed by atoms with Crippen LogP contribution in [0, 0.1) is 13.8 Å². The molecule has 0 radical (unpaired) electrons. The van der Waals surface area contributed by atoms with E-state index in [1.54, 1.807) is 12.1 Å². The first kappa shape index (κ1) is 20.2. The summed E-state index contributed by atoms with van der Waals surface area (Å²) in [5, 5.41) is 6.19. The van der Waals surface area contributed by atoms with Gasteiger partial charge < -0.3 is 19.8 Å². The number of aliphatic imine (C=N–C) groups is 1. The van der Waals surface area contributed by atoms with E-state index in [4.69, 9.17) is 4.42 Å². The number of aryl methyl sites for hydroxylation is 2. The molecule has 0 aliphatic heterocycles. The van der Waals surface area contributed by atoms with Gasteiger partial charge in [0.05, 0.1) is 18.8 Å². The van der Waals surface area contributed by atoms with Crippen molar-refractivity contribution >= 4 is 21.9 Å². The molecular weight excluding hydrogens is 410 g/mol. The molecule has 0 bridgehead atoms. The Bertz CT molecular complexity index is 746. The fraction of sp³-hybridized carbons (Fsp3) is 0.412. The number of aromatic nitrogens is 1. The number of ether oxygens (including phenoxy) is 1. The first-order chi connectivity index (χ1) is 12.4. The molecule has 0 amide bonds. The van der Waals surface area contributed by atoms with Crippen LogP contribution in [0.3, 0.4) is 0 Å². The highest BCUT2D eigenvalue weighted by Crippen LogP contribution is 2.25. The summed E-state index contributed by atoms with van der Waals surface area (Å²) in [7, 11) is 0. The molecule has 1 heterocycles. The van der Waals surface area contributed by atoms with Crippen LogP contribution in [-0.2, 0) is 13.1 Å². The zero-order chi connectivity index (χ0) is 19.1. The molecule has 2 N–H and O–H groups in total. The molecule has 0 unspecified atom stereocenters. The second kappa shape index (κ2) is 9.51. The van der Waals surface area contributed by atoms with Crippen LogP contribution >= 0.6 is 15.9 Å². The molecule has 0 fully saturated rings. The third kappa shape index (κ3) is 5.98. The number of oxazole rings is 1. The normalized spacial score (nSPS) is 11.7. The second-order valence-electron chi connectivity index (χ2n) is 5.43. The third-order valence-corrected chi connectivity index (χ3v) is 3.96. The van der Waals surface area contributed by atoms with E-state index in [2.05, 4.69) is 41.3 Å². The van der Waals surface area contributed by atoms with E-state index in [0.717, 1.165) is 15.9 Å². The molecule has 0 aliphatic rings. The monoisotopic (exact) mass is 430 g/mol. The van der Waals surface area contributed by atoms with E-state index >= 15 is 0 Å². The van der Waals surface area contributed by atoms with Gasteiger partial charge in [-0.05, 0) is 39.0 Å². The Morgan fingerprint density at radius 2 is 2.12 bits per heavy atom. The molecule has 0 saturated carbocycles. The van der Waals surface area contributed by atoms with Crippen LogP contribution in [0.5, 0.6) is 5.75 Å². The molecule has 142 valence electrons. The Kier molecular flexibility index (Phi) is 7.38. The number of nitrogens with zero attached hydrogens (tertiary/aromatic N) is 2. The summed E-state index contributed by atoms with van der Waals surface area (Å²) in [6.07, 6.45) is 0. The van der Waals surface area contributed by atoms with Crippen molar-refractivity contribution in [1.82, 2.24) is 15.6 Å². The predicted molar refractivity (Wildman–Crippen MR) is 98.4 cm³/mol. The number of nitrogens with one attached hydrogen (secondary N) is 2. The summed E-state index contributed by atoms with van der Waals surface area (Å²) in [5.74, 6) is 1.94. The largest absolute Gasteiger partial charge is 0.444 e. The fourth-order valence-electron chi connectivity index (χ4n) is 2.16. The number of guanidine groups is 1. The van der Waals surface area contributed by atoms with Crippen LogP contribution < -0.4 is 15.4 Å². The first-order valence-electron chi connectivity index (χ1n) is 8.07. The van der Waals surface area contributed by atoms with Gasteiger partial charge in [0.2, 0.25) is 5.89 Å². The van der Waals surface area contributed by atoms with Crippen LogP contribution in [0.15, 0.2) is 32.1 Å². The van der Waals surface area contributed by atoms with Crippen LogP contribution in [0.1, 0.15) is 29.8 Å². The highest BCUT2D eigenvalue weighted by atomic mass is 79.9. The molecule has 9 heteroatoms. The molecule has 1 aromatic carbocycles. The Morgan fingerprint density at radius 1 is 1.35 bits per heavy atom. The van der Waals surface area contributed by atoms with E-state index < -0.39 is 6.61 Å². The van der Waals surface area contributed by atoms with Crippen molar-refractivity contribution in [1.29, 1.82) is 0 Å². The lowest BCUT2D eigenvalue weighted by molar-refractivity contribution is -0.0504. The van der Waals surface area contributed by atoms with Gasteiger partial charge in [-0.25, -0.2) is 9.98 Å². The highest BCUT2D eigenvalue weighted by molar-refractivity contribution is 9.10. The molecule has 0 atom stereocenters. The lowest BCUT2D eigenvalue weighted by Crippen LogP contribution is -2.36. The SMILES string of the molecule is CCNC(=NCc1cc(Br)ccc1OC(F)F)NCc1nc(C)c(C)o1. The Balaban J connectivity index is 2.09. The van der Waals surface area contributed by atoms with Gasteiger partial charge in [0.1, 0.15) is 11.5 Å². The summed E-state index contributed by atoms with van der Waals surface area (Å²) in [6.45, 7) is 3.94. The van der Waals surface area contributed by atoms with Crippen molar-refractivity contribution in [2.75, 3.05) is 6.54 Å². The molecule has 0 saturated heterocycles. The van der Waals surface area contributed by atoms with E-state index in [0.29, 0.717) is 30.5 Å². The molecule has 1 aromatic heterocycles. The minimum atomic E-state index is -2.89. The molecule has 2 aromatic rings. The van der Waals surface area contributed by atoms with Gasteiger partial charge in [-0.3, -0.25) is 0 Å². The Morgan fingerprint density at radius 3 is 2.73 bits per heavy atom. The number of halogens is 3. The second-order valence-corrected chi connectivity index (χ2v) is 6.34. The van der Waals surface area contributed by atoms with Gasteiger partial charge in [0.25, 0.3) is 0 Å². The van der Waals surface area contributed by atoms with E-state index in [1.165, 1.54) is 6.07 Å². The van der Waals surface area contributed by atoms with Gasteiger partial charge in [0, 0.05) is 16.6 Å². The lowest BCUT2D eigenvalue weighted by atomic mass is 10.2. The van der Waals surface area contributed by atoms with Crippen molar-refractivity contribution in [3.63, 3.8) is 0 Å². The zero-order valence-electron chi connectivity index (χ0n) is 14.8. The van der Waals surface area contributed by atoms with Crippen molar-refractivity contribution < 1.29 is 17.9 Å². The maximum atomic E-state index is 12.6. The fourth-order valence-corrected chi connectivity index (χ4v) is 2.57. The third-order valence-electron chi connectivity index (χ3n) is 3.47. The van der Waals surface area contributed by atoms with Gasteiger partial charge in [-0.2, -0.15) is 8.78 Å².